The minimum Gasteiger partial charge on any atom is -0.367 e. The molecule has 0 saturated heterocycles. The minimum absolute atomic E-state index is 0.180. The fourth-order valence-electron chi connectivity index (χ4n) is 1.90. The smallest absolute Gasteiger partial charge is 0.144 e. The number of aryl methyl sites for hydroxylation is 1. The van der Waals surface area contributed by atoms with Crippen LogP contribution in [-0.2, 0) is 0 Å². The van der Waals surface area contributed by atoms with Gasteiger partial charge in [0, 0.05) is 11.6 Å². The molecule has 1 aromatic heterocycles. The summed E-state index contributed by atoms with van der Waals surface area (Å²) in [6.45, 7) is 5.69. The lowest BCUT2D eigenvalue weighted by molar-refractivity contribution is 0.619. The molecule has 1 heterocycles. The highest BCUT2D eigenvalue weighted by Crippen LogP contribution is 2.23. The van der Waals surface area contributed by atoms with E-state index >= 15 is 0 Å². The van der Waals surface area contributed by atoms with Crippen LogP contribution in [-0.4, -0.2) is 11.0 Å². The number of anilines is 1. The lowest BCUT2D eigenvalue weighted by Crippen LogP contribution is -2.12. The van der Waals surface area contributed by atoms with Crippen molar-refractivity contribution in [3.63, 3.8) is 0 Å². The maximum absolute atomic E-state index is 13.3. The number of hydrogen-bond donors (Lipinski definition) is 1. The zero-order chi connectivity index (χ0) is 14.7. The molecule has 4 heteroatoms. The molecular weight excluding hydrogens is 253 g/mol. The maximum Gasteiger partial charge on any atom is 0.144 e. The van der Waals surface area contributed by atoms with Crippen molar-refractivity contribution in [3.8, 4) is 17.3 Å². The standard InChI is InChI=1S/C16H16FN3/c1-10(2)19-16-13(9-18)5-7-15(20-16)12-4-6-14(17)11(3)8-12/h4-8,10H,1-3H3,(H,19,20). The molecule has 1 N–H and O–H groups in total. The number of halogens is 1. The summed E-state index contributed by atoms with van der Waals surface area (Å²) < 4.78 is 13.3. The number of pyridine rings is 1. The molecule has 0 atom stereocenters. The topological polar surface area (TPSA) is 48.7 Å². The molecule has 0 aliphatic rings. The van der Waals surface area contributed by atoms with Gasteiger partial charge in [0.1, 0.15) is 17.7 Å². The van der Waals surface area contributed by atoms with E-state index in [4.69, 9.17) is 5.26 Å². The molecule has 0 bridgehead atoms. The lowest BCUT2D eigenvalue weighted by atomic mass is 10.1. The first-order chi connectivity index (χ1) is 9.51. The number of rotatable bonds is 3. The van der Waals surface area contributed by atoms with Crippen molar-refractivity contribution in [2.75, 3.05) is 5.32 Å². The van der Waals surface area contributed by atoms with Gasteiger partial charge >= 0.3 is 0 Å². The normalized spacial score (nSPS) is 10.4. The van der Waals surface area contributed by atoms with Crippen molar-refractivity contribution in [2.45, 2.75) is 26.8 Å². The summed E-state index contributed by atoms with van der Waals surface area (Å²) >= 11 is 0. The summed E-state index contributed by atoms with van der Waals surface area (Å²) in [5, 5.41) is 12.2. The first kappa shape index (κ1) is 14.0. The fraction of sp³-hybridized carbons (Fsp3) is 0.250. The van der Waals surface area contributed by atoms with E-state index in [2.05, 4.69) is 16.4 Å². The van der Waals surface area contributed by atoms with Crippen LogP contribution >= 0.6 is 0 Å². The Kier molecular flexibility index (Phi) is 3.99. The molecule has 2 aromatic rings. The van der Waals surface area contributed by atoms with E-state index in [1.165, 1.54) is 6.07 Å². The predicted octanol–water partition coefficient (Wildman–Crippen LogP) is 3.89. The molecule has 2 rings (SSSR count). The zero-order valence-electron chi connectivity index (χ0n) is 11.7. The molecule has 0 amide bonds. The number of nitrogens with zero attached hydrogens (tertiary/aromatic N) is 2. The number of benzene rings is 1. The average Bonchev–Trinajstić information content (AvgIpc) is 2.41. The van der Waals surface area contributed by atoms with E-state index < -0.39 is 0 Å². The van der Waals surface area contributed by atoms with Gasteiger partial charge in [-0.3, -0.25) is 0 Å². The van der Waals surface area contributed by atoms with Crippen LogP contribution in [0.25, 0.3) is 11.3 Å². The Bertz CT molecular complexity index is 672. The molecule has 0 aliphatic carbocycles. The second kappa shape index (κ2) is 5.70. The molecule has 102 valence electrons. The van der Waals surface area contributed by atoms with Gasteiger partial charge in [-0.05, 0) is 56.7 Å². The summed E-state index contributed by atoms with van der Waals surface area (Å²) in [5.41, 5.74) is 2.63. The third kappa shape index (κ3) is 2.94. The van der Waals surface area contributed by atoms with E-state index in [0.29, 0.717) is 16.9 Å². The molecular formula is C16H16FN3. The van der Waals surface area contributed by atoms with Gasteiger partial charge in [-0.25, -0.2) is 9.37 Å². The second-order valence-corrected chi connectivity index (χ2v) is 4.97. The number of aromatic nitrogens is 1. The first-order valence-electron chi connectivity index (χ1n) is 6.45. The molecule has 20 heavy (non-hydrogen) atoms. The number of nitrogens with one attached hydrogen (secondary N) is 1. The highest BCUT2D eigenvalue weighted by atomic mass is 19.1. The van der Waals surface area contributed by atoms with Gasteiger partial charge in [0.15, 0.2) is 0 Å². The Morgan fingerprint density at radius 2 is 2.00 bits per heavy atom. The van der Waals surface area contributed by atoms with Crippen LogP contribution < -0.4 is 5.32 Å². The van der Waals surface area contributed by atoms with Gasteiger partial charge in [0.25, 0.3) is 0 Å². The lowest BCUT2D eigenvalue weighted by Gasteiger charge is -2.12. The zero-order valence-corrected chi connectivity index (χ0v) is 11.7. The molecule has 0 spiro atoms. The van der Waals surface area contributed by atoms with E-state index in [9.17, 15) is 4.39 Å². The monoisotopic (exact) mass is 269 g/mol. The number of nitriles is 1. The van der Waals surface area contributed by atoms with Crippen molar-refractivity contribution in [2.24, 2.45) is 0 Å². The summed E-state index contributed by atoms with van der Waals surface area (Å²) in [6, 6.07) is 10.7. The Hall–Kier alpha value is -2.41. The average molecular weight is 269 g/mol. The molecule has 3 nitrogen and oxygen atoms in total. The summed E-state index contributed by atoms with van der Waals surface area (Å²) in [6.07, 6.45) is 0. The Labute approximate surface area is 118 Å². The highest BCUT2D eigenvalue weighted by Gasteiger charge is 2.09. The Morgan fingerprint density at radius 3 is 2.60 bits per heavy atom. The van der Waals surface area contributed by atoms with Crippen molar-refractivity contribution >= 4 is 5.82 Å². The van der Waals surface area contributed by atoms with Crippen LogP contribution in [0.15, 0.2) is 30.3 Å². The Morgan fingerprint density at radius 1 is 1.25 bits per heavy atom. The van der Waals surface area contributed by atoms with E-state index in [1.54, 1.807) is 31.2 Å². The van der Waals surface area contributed by atoms with Crippen LogP contribution in [0.5, 0.6) is 0 Å². The molecule has 0 saturated carbocycles. The highest BCUT2D eigenvalue weighted by molar-refractivity contribution is 5.65. The van der Waals surface area contributed by atoms with Gasteiger partial charge < -0.3 is 5.32 Å². The van der Waals surface area contributed by atoms with Crippen molar-refractivity contribution < 1.29 is 4.39 Å². The second-order valence-electron chi connectivity index (χ2n) is 4.97. The maximum atomic E-state index is 13.3. The molecule has 0 aliphatic heterocycles. The van der Waals surface area contributed by atoms with Gasteiger partial charge in [-0.15, -0.1) is 0 Å². The Balaban J connectivity index is 2.47. The van der Waals surface area contributed by atoms with Gasteiger partial charge in [0.2, 0.25) is 0 Å². The van der Waals surface area contributed by atoms with Crippen molar-refractivity contribution in [1.82, 2.24) is 4.98 Å². The van der Waals surface area contributed by atoms with Crippen LogP contribution in [0.1, 0.15) is 25.0 Å². The fourth-order valence-corrected chi connectivity index (χ4v) is 1.90. The summed E-state index contributed by atoms with van der Waals surface area (Å²) in [4.78, 5) is 4.47. The van der Waals surface area contributed by atoms with E-state index in [0.717, 1.165) is 11.3 Å². The van der Waals surface area contributed by atoms with Crippen LogP contribution in [0, 0.1) is 24.1 Å². The molecule has 1 aromatic carbocycles. The first-order valence-corrected chi connectivity index (χ1v) is 6.45. The van der Waals surface area contributed by atoms with Crippen LogP contribution in [0.3, 0.4) is 0 Å². The molecule has 0 unspecified atom stereocenters. The van der Waals surface area contributed by atoms with E-state index in [-0.39, 0.29) is 11.9 Å². The van der Waals surface area contributed by atoms with E-state index in [1.807, 2.05) is 13.8 Å². The van der Waals surface area contributed by atoms with Gasteiger partial charge in [0.05, 0.1) is 11.3 Å². The van der Waals surface area contributed by atoms with Gasteiger partial charge in [-0.1, -0.05) is 0 Å². The van der Waals surface area contributed by atoms with Gasteiger partial charge in [-0.2, -0.15) is 5.26 Å². The SMILES string of the molecule is Cc1cc(-c2ccc(C#N)c(NC(C)C)n2)ccc1F. The largest absolute Gasteiger partial charge is 0.367 e. The summed E-state index contributed by atoms with van der Waals surface area (Å²) in [7, 11) is 0. The van der Waals surface area contributed by atoms with Crippen LogP contribution in [0.2, 0.25) is 0 Å². The quantitative estimate of drug-likeness (QED) is 0.919. The third-order valence-corrected chi connectivity index (χ3v) is 2.89. The summed E-state index contributed by atoms with van der Waals surface area (Å²) in [5.74, 6) is 0.324. The molecule has 0 radical (unpaired) electrons. The third-order valence-electron chi connectivity index (χ3n) is 2.89. The predicted molar refractivity (Wildman–Crippen MR) is 77.8 cm³/mol. The van der Waals surface area contributed by atoms with Crippen molar-refractivity contribution in [1.29, 1.82) is 5.26 Å². The van der Waals surface area contributed by atoms with Crippen LogP contribution in [0.4, 0.5) is 10.2 Å². The number of hydrogen-bond acceptors (Lipinski definition) is 3. The van der Waals surface area contributed by atoms with Crippen molar-refractivity contribution in [3.05, 3.63) is 47.3 Å². The minimum atomic E-state index is -0.233. The molecule has 0 fully saturated rings.